The van der Waals surface area contributed by atoms with Crippen molar-refractivity contribution in [3.8, 4) is 5.75 Å². The minimum atomic E-state index is -0.809. The second kappa shape index (κ2) is 7.80. The van der Waals surface area contributed by atoms with Gasteiger partial charge in [0.2, 0.25) is 0 Å². The molecule has 4 amide bonds. The summed E-state index contributed by atoms with van der Waals surface area (Å²) in [5, 5.41) is 2.19. The first-order chi connectivity index (χ1) is 14.1. The third kappa shape index (κ3) is 3.72. The van der Waals surface area contributed by atoms with Crippen LogP contribution in [0.15, 0.2) is 46.4 Å². The third-order valence-corrected chi connectivity index (χ3v) is 4.65. The molecular weight excluding hydrogens is 378 g/mol. The molecule has 0 atom stereocenters. The second-order valence-corrected chi connectivity index (χ2v) is 6.43. The van der Waals surface area contributed by atoms with E-state index >= 15 is 0 Å². The normalized spacial score (nSPS) is 18.9. The fourth-order valence-electron chi connectivity index (χ4n) is 3.14. The molecule has 1 aromatic carbocycles. The van der Waals surface area contributed by atoms with Gasteiger partial charge >= 0.3 is 6.03 Å². The van der Waals surface area contributed by atoms with Gasteiger partial charge in [-0.15, -0.1) is 0 Å². The smallest absolute Gasteiger partial charge is 0.335 e. The number of hydrogen-bond acceptors (Lipinski definition) is 7. The van der Waals surface area contributed by atoms with Crippen LogP contribution in [-0.4, -0.2) is 51.3 Å². The molecule has 2 aromatic rings. The molecule has 1 N–H and O–H groups in total. The number of nitrogens with one attached hydrogen (secondary N) is 1. The largest absolute Gasteiger partial charge is 0.497 e. The molecule has 0 bridgehead atoms. The Bertz CT molecular complexity index is 972. The monoisotopic (exact) mass is 397 g/mol. The summed E-state index contributed by atoms with van der Waals surface area (Å²) in [6, 6.07) is 9.01. The lowest BCUT2D eigenvalue weighted by molar-refractivity contribution is -0.122. The van der Waals surface area contributed by atoms with Gasteiger partial charge < -0.3 is 18.8 Å². The Labute approximate surface area is 166 Å². The van der Waals surface area contributed by atoms with Crippen LogP contribution in [0.4, 0.5) is 16.4 Å². The summed E-state index contributed by atoms with van der Waals surface area (Å²) in [7, 11) is 1.52. The maximum atomic E-state index is 12.9. The van der Waals surface area contributed by atoms with Crippen LogP contribution in [0.1, 0.15) is 5.76 Å². The maximum absolute atomic E-state index is 12.9. The predicted molar refractivity (Wildman–Crippen MR) is 104 cm³/mol. The molecule has 0 saturated carbocycles. The number of amides is 4. The van der Waals surface area contributed by atoms with Crippen molar-refractivity contribution in [2.75, 3.05) is 43.2 Å². The van der Waals surface area contributed by atoms with E-state index in [0.717, 1.165) is 4.90 Å². The van der Waals surface area contributed by atoms with Crippen molar-refractivity contribution in [1.82, 2.24) is 5.32 Å². The molecule has 9 heteroatoms. The Balaban J connectivity index is 1.60. The van der Waals surface area contributed by atoms with Crippen molar-refractivity contribution >= 4 is 35.5 Å². The predicted octanol–water partition coefficient (Wildman–Crippen LogP) is 1.79. The SMILES string of the molecule is COc1ccc(N2C(=O)NC(=O)C(=Cc3ccc(N4CCOCC4)o3)C2=O)cc1. The van der Waals surface area contributed by atoms with Crippen LogP contribution in [0.5, 0.6) is 5.75 Å². The van der Waals surface area contributed by atoms with E-state index in [2.05, 4.69) is 5.32 Å². The molecule has 2 aliphatic rings. The van der Waals surface area contributed by atoms with Crippen LogP contribution in [0, 0.1) is 0 Å². The quantitative estimate of drug-likeness (QED) is 0.620. The third-order valence-electron chi connectivity index (χ3n) is 4.65. The highest BCUT2D eigenvalue weighted by Crippen LogP contribution is 2.26. The van der Waals surface area contributed by atoms with Crippen LogP contribution in [0.25, 0.3) is 6.08 Å². The van der Waals surface area contributed by atoms with Gasteiger partial charge in [0.25, 0.3) is 11.8 Å². The summed E-state index contributed by atoms with van der Waals surface area (Å²) in [5.41, 5.74) is 0.128. The van der Waals surface area contributed by atoms with E-state index in [-0.39, 0.29) is 5.57 Å². The zero-order chi connectivity index (χ0) is 20.4. The number of ether oxygens (including phenoxy) is 2. The van der Waals surface area contributed by atoms with E-state index in [1.807, 2.05) is 4.90 Å². The average molecular weight is 397 g/mol. The topological polar surface area (TPSA) is 101 Å². The van der Waals surface area contributed by atoms with Crippen molar-refractivity contribution in [1.29, 1.82) is 0 Å². The number of anilines is 2. The van der Waals surface area contributed by atoms with E-state index in [9.17, 15) is 14.4 Å². The van der Waals surface area contributed by atoms with E-state index < -0.39 is 17.8 Å². The van der Waals surface area contributed by atoms with Gasteiger partial charge in [0, 0.05) is 19.2 Å². The molecule has 29 heavy (non-hydrogen) atoms. The molecule has 3 heterocycles. The molecule has 2 aliphatic heterocycles. The Kier molecular flexibility index (Phi) is 5.05. The molecule has 0 aliphatic carbocycles. The average Bonchev–Trinajstić information content (AvgIpc) is 3.21. The molecule has 2 saturated heterocycles. The Morgan fingerprint density at radius 1 is 1.03 bits per heavy atom. The number of carbonyl (C=O) groups is 3. The highest BCUT2D eigenvalue weighted by Gasteiger charge is 2.37. The van der Waals surface area contributed by atoms with Gasteiger partial charge in [-0.05, 0) is 36.4 Å². The number of barbiturate groups is 1. The summed E-state index contributed by atoms with van der Waals surface area (Å²) >= 11 is 0. The summed E-state index contributed by atoms with van der Waals surface area (Å²) in [6.07, 6.45) is 1.34. The summed E-state index contributed by atoms with van der Waals surface area (Å²) in [4.78, 5) is 40.3. The van der Waals surface area contributed by atoms with E-state index in [1.54, 1.807) is 36.4 Å². The number of furan rings is 1. The number of imide groups is 2. The van der Waals surface area contributed by atoms with Gasteiger partial charge in [-0.25, -0.2) is 9.69 Å². The number of hydrogen-bond donors (Lipinski definition) is 1. The molecule has 9 nitrogen and oxygen atoms in total. The van der Waals surface area contributed by atoms with Gasteiger partial charge in [0.1, 0.15) is 17.1 Å². The van der Waals surface area contributed by atoms with Gasteiger partial charge in [-0.1, -0.05) is 0 Å². The molecule has 2 fully saturated rings. The first kappa shape index (κ1) is 18.8. The fourth-order valence-corrected chi connectivity index (χ4v) is 3.14. The van der Waals surface area contributed by atoms with Gasteiger partial charge in [-0.3, -0.25) is 14.9 Å². The molecule has 0 unspecified atom stereocenters. The van der Waals surface area contributed by atoms with Crippen molar-refractivity contribution in [3.63, 3.8) is 0 Å². The van der Waals surface area contributed by atoms with Gasteiger partial charge in [0.05, 0.1) is 26.0 Å². The maximum Gasteiger partial charge on any atom is 0.335 e. The highest BCUT2D eigenvalue weighted by molar-refractivity contribution is 6.39. The minimum Gasteiger partial charge on any atom is -0.497 e. The summed E-state index contributed by atoms with van der Waals surface area (Å²) < 4.78 is 16.2. The number of methoxy groups -OCH3 is 1. The van der Waals surface area contributed by atoms with Crippen molar-refractivity contribution in [2.45, 2.75) is 0 Å². The molecule has 150 valence electrons. The van der Waals surface area contributed by atoms with Crippen LogP contribution in [0.3, 0.4) is 0 Å². The summed E-state index contributed by atoms with van der Waals surface area (Å²) in [6.45, 7) is 2.61. The lowest BCUT2D eigenvalue weighted by Crippen LogP contribution is -2.54. The van der Waals surface area contributed by atoms with E-state index in [1.165, 1.54) is 13.2 Å². The lowest BCUT2D eigenvalue weighted by atomic mass is 10.1. The highest BCUT2D eigenvalue weighted by atomic mass is 16.5. The number of urea groups is 1. The number of nitrogens with zero attached hydrogens (tertiary/aromatic N) is 2. The van der Waals surface area contributed by atoms with Crippen molar-refractivity contribution in [3.05, 3.63) is 47.7 Å². The Morgan fingerprint density at radius 2 is 1.76 bits per heavy atom. The van der Waals surface area contributed by atoms with E-state index in [0.29, 0.717) is 49.4 Å². The first-order valence-electron chi connectivity index (χ1n) is 9.05. The summed E-state index contributed by atoms with van der Waals surface area (Å²) in [5.74, 6) is 0.0555. The number of rotatable bonds is 4. The van der Waals surface area contributed by atoms with Crippen molar-refractivity contribution < 1.29 is 28.3 Å². The van der Waals surface area contributed by atoms with Crippen LogP contribution in [0.2, 0.25) is 0 Å². The van der Waals surface area contributed by atoms with Gasteiger partial charge in [-0.2, -0.15) is 0 Å². The Hall–Kier alpha value is -3.59. The molecule has 1 aromatic heterocycles. The Morgan fingerprint density at radius 3 is 2.45 bits per heavy atom. The van der Waals surface area contributed by atoms with Crippen LogP contribution < -0.4 is 19.9 Å². The standard InChI is InChI=1S/C20H19N3O6/c1-27-14-4-2-13(3-5-14)23-19(25)16(18(24)21-20(23)26)12-15-6-7-17(29-15)22-8-10-28-11-9-22/h2-7,12H,8-11H2,1H3,(H,21,24,26). The van der Waals surface area contributed by atoms with E-state index in [4.69, 9.17) is 13.9 Å². The molecule has 0 radical (unpaired) electrons. The molecule has 4 rings (SSSR count). The second-order valence-electron chi connectivity index (χ2n) is 6.43. The molecule has 0 spiro atoms. The lowest BCUT2D eigenvalue weighted by Gasteiger charge is -2.26. The minimum absolute atomic E-state index is 0.191. The van der Waals surface area contributed by atoms with Crippen LogP contribution in [-0.2, 0) is 14.3 Å². The van der Waals surface area contributed by atoms with Crippen LogP contribution >= 0.6 is 0 Å². The van der Waals surface area contributed by atoms with Gasteiger partial charge in [0.15, 0.2) is 5.88 Å². The number of benzene rings is 1. The fraction of sp³-hybridized carbons (Fsp3) is 0.250. The molecular formula is C20H19N3O6. The number of carbonyl (C=O) groups excluding carboxylic acids is 3. The zero-order valence-electron chi connectivity index (χ0n) is 15.7. The number of morpholine rings is 1. The first-order valence-corrected chi connectivity index (χ1v) is 9.05. The zero-order valence-corrected chi connectivity index (χ0v) is 15.7. The van der Waals surface area contributed by atoms with Crippen molar-refractivity contribution in [2.24, 2.45) is 0 Å².